The monoisotopic (exact) mass is 295 g/mol. The molecule has 0 amide bonds. The summed E-state index contributed by atoms with van der Waals surface area (Å²) in [5.74, 6) is -0.0485. The normalized spacial score (nSPS) is 16.1. The van der Waals surface area contributed by atoms with Gasteiger partial charge in [-0.05, 0) is 30.0 Å². The third kappa shape index (κ3) is 3.27. The van der Waals surface area contributed by atoms with Gasteiger partial charge in [-0.15, -0.1) is 0 Å². The summed E-state index contributed by atoms with van der Waals surface area (Å²) < 4.78 is 59.4. The summed E-state index contributed by atoms with van der Waals surface area (Å²) in [6, 6.07) is 4.57. The average Bonchev–Trinajstić information content (AvgIpc) is 2.35. The number of hydrogen-bond acceptors (Lipinski definition) is 3. The number of rotatable bonds is 4. The topological polar surface area (TPSA) is 60.2 Å². The van der Waals surface area contributed by atoms with Crippen LogP contribution in [0, 0.1) is 0 Å². The van der Waals surface area contributed by atoms with Gasteiger partial charge in [0.25, 0.3) is 9.84 Å². The predicted octanol–water partition coefficient (Wildman–Crippen LogP) is 2.82. The number of alkyl halides is 3. The first-order valence-corrected chi connectivity index (χ1v) is 7.26. The highest BCUT2D eigenvalue weighted by molar-refractivity contribution is 7.92. The van der Waals surface area contributed by atoms with Crippen molar-refractivity contribution in [2.45, 2.75) is 42.6 Å². The van der Waals surface area contributed by atoms with Crippen molar-refractivity contribution in [1.82, 2.24) is 0 Å². The van der Waals surface area contributed by atoms with E-state index in [0.717, 1.165) is 24.1 Å². The first kappa shape index (κ1) is 16.0. The van der Waals surface area contributed by atoms with Crippen molar-refractivity contribution >= 4 is 9.84 Å². The van der Waals surface area contributed by atoms with Crippen LogP contribution in [0.1, 0.15) is 31.7 Å². The van der Waals surface area contributed by atoms with E-state index in [4.69, 9.17) is 5.73 Å². The molecule has 0 aromatic heterocycles. The summed E-state index contributed by atoms with van der Waals surface area (Å²) in [5.41, 5.74) is 1.28. The Morgan fingerprint density at radius 1 is 1.21 bits per heavy atom. The Morgan fingerprint density at radius 2 is 1.68 bits per heavy atom. The van der Waals surface area contributed by atoms with E-state index in [2.05, 4.69) is 0 Å². The maximum atomic E-state index is 12.4. The molecule has 0 bridgehead atoms. The molecule has 108 valence electrons. The third-order valence-electron chi connectivity index (χ3n) is 3.13. The minimum atomic E-state index is -5.28. The van der Waals surface area contributed by atoms with E-state index in [1.165, 1.54) is 12.1 Å². The highest BCUT2D eigenvalue weighted by Gasteiger charge is 2.46. The van der Waals surface area contributed by atoms with Gasteiger partial charge in [0.1, 0.15) is 0 Å². The van der Waals surface area contributed by atoms with Crippen LogP contribution in [0.25, 0.3) is 0 Å². The zero-order valence-electron chi connectivity index (χ0n) is 10.6. The molecule has 0 saturated heterocycles. The summed E-state index contributed by atoms with van der Waals surface area (Å²) in [4.78, 5) is -0.749. The van der Waals surface area contributed by atoms with Gasteiger partial charge in [0.15, 0.2) is 0 Å². The molecule has 0 aliphatic carbocycles. The molecule has 1 aromatic rings. The average molecular weight is 295 g/mol. The van der Waals surface area contributed by atoms with E-state index in [1.54, 1.807) is 0 Å². The second-order valence-electron chi connectivity index (χ2n) is 4.38. The van der Waals surface area contributed by atoms with Crippen molar-refractivity contribution in [3.63, 3.8) is 0 Å². The van der Waals surface area contributed by atoms with Gasteiger partial charge in [0, 0.05) is 6.04 Å². The largest absolute Gasteiger partial charge is 0.501 e. The van der Waals surface area contributed by atoms with Gasteiger partial charge in [-0.25, -0.2) is 8.42 Å². The lowest BCUT2D eigenvalue weighted by Crippen LogP contribution is -2.26. The molecule has 2 unspecified atom stereocenters. The van der Waals surface area contributed by atoms with Gasteiger partial charge in [0.05, 0.1) is 4.90 Å². The molecule has 0 saturated carbocycles. The Morgan fingerprint density at radius 3 is 2.05 bits per heavy atom. The first-order valence-electron chi connectivity index (χ1n) is 5.78. The molecule has 0 radical (unpaired) electrons. The number of nitrogens with two attached hydrogens (primary N) is 1. The lowest BCUT2D eigenvalue weighted by molar-refractivity contribution is -0.0436. The van der Waals surface area contributed by atoms with Crippen molar-refractivity contribution < 1.29 is 21.6 Å². The molecule has 2 atom stereocenters. The predicted molar refractivity (Wildman–Crippen MR) is 66.4 cm³/mol. The van der Waals surface area contributed by atoms with E-state index in [0.29, 0.717) is 0 Å². The van der Waals surface area contributed by atoms with Crippen molar-refractivity contribution in [2.75, 3.05) is 0 Å². The van der Waals surface area contributed by atoms with Gasteiger partial charge in [-0.1, -0.05) is 26.0 Å². The number of hydrogen-bond donors (Lipinski definition) is 1. The lowest BCUT2D eigenvalue weighted by Gasteiger charge is -2.19. The molecular formula is C12H16F3NO2S. The summed E-state index contributed by atoms with van der Waals surface area (Å²) >= 11 is 0. The van der Waals surface area contributed by atoms with Crippen LogP contribution in [0.3, 0.4) is 0 Å². The minimum Gasteiger partial charge on any atom is -0.327 e. The maximum absolute atomic E-state index is 12.4. The number of benzene rings is 1. The van der Waals surface area contributed by atoms with Gasteiger partial charge in [-0.2, -0.15) is 13.2 Å². The lowest BCUT2D eigenvalue weighted by atomic mass is 9.92. The molecule has 0 aliphatic heterocycles. The van der Waals surface area contributed by atoms with Crippen molar-refractivity contribution in [1.29, 1.82) is 0 Å². The smallest absolute Gasteiger partial charge is 0.327 e. The van der Waals surface area contributed by atoms with Crippen LogP contribution in [0.4, 0.5) is 13.2 Å². The zero-order valence-corrected chi connectivity index (χ0v) is 11.4. The van der Waals surface area contributed by atoms with E-state index in [9.17, 15) is 21.6 Å². The molecule has 1 aromatic carbocycles. The fraction of sp³-hybridized carbons (Fsp3) is 0.500. The van der Waals surface area contributed by atoms with E-state index in [1.807, 2.05) is 13.8 Å². The highest BCUT2D eigenvalue weighted by Crippen LogP contribution is 2.31. The molecule has 2 N–H and O–H groups in total. The Bertz CT molecular complexity index is 523. The molecule has 3 nitrogen and oxygen atoms in total. The Labute approximate surface area is 110 Å². The van der Waals surface area contributed by atoms with Gasteiger partial charge < -0.3 is 5.73 Å². The van der Waals surface area contributed by atoms with Crippen LogP contribution in [0.15, 0.2) is 29.2 Å². The van der Waals surface area contributed by atoms with Crippen LogP contribution < -0.4 is 5.73 Å². The molecule has 7 heteroatoms. The molecule has 19 heavy (non-hydrogen) atoms. The minimum absolute atomic E-state index is 0.0485. The molecule has 0 heterocycles. The Hall–Kier alpha value is -1.08. The molecular weight excluding hydrogens is 279 g/mol. The van der Waals surface area contributed by atoms with Crippen LogP contribution in [-0.2, 0) is 9.84 Å². The quantitative estimate of drug-likeness (QED) is 0.929. The van der Waals surface area contributed by atoms with Crippen molar-refractivity contribution in [3.8, 4) is 0 Å². The van der Waals surface area contributed by atoms with Crippen molar-refractivity contribution in [2.24, 2.45) is 5.73 Å². The van der Waals surface area contributed by atoms with Crippen LogP contribution >= 0.6 is 0 Å². The van der Waals surface area contributed by atoms with Crippen molar-refractivity contribution in [3.05, 3.63) is 29.8 Å². The zero-order chi connectivity index (χ0) is 14.8. The number of sulfone groups is 1. The summed E-state index contributed by atoms with van der Waals surface area (Å²) in [5, 5.41) is 0. The summed E-state index contributed by atoms with van der Waals surface area (Å²) in [7, 11) is -5.28. The Balaban J connectivity index is 3.08. The van der Waals surface area contributed by atoms with Crippen LogP contribution in [0.5, 0.6) is 0 Å². The van der Waals surface area contributed by atoms with Crippen LogP contribution in [-0.4, -0.2) is 20.0 Å². The maximum Gasteiger partial charge on any atom is 0.501 e. The molecule has 0 aliphatic rings. The first-order chi connectivity index (χ1) is 8.61. The summed E-state index contributed by atoms with van der Waals surface area (Å²) in [6.45, 7) is 3.76. The van der Waals surface area contributed by atoms with E-state index in [-0.39, 0.29) is 12.0 Å². The fourth-order valence-electron chi connectivity index (χ4n) is 1.68. The summed E-state index contributed by atoms with van der Waals surface area (Å²) in [6.07, 6.45) is 0.726. The SMILES string of the molecule is CCC(N)C(C)c1ccc(S(=O)(=O)C(F)(F)F)cc1. The number of halogens is 3. The van der Waals surface area contributed by atoms with E-state index >= 15 is 0 Å². The van der Waals surface area contributed by atoms with Gasteiger partial charge >= 0.3 is 5.51 Å². The van der Waals surface area contributed by atoms with E-state index < -0.39 is 20.2 Å². The highest BCUT2D eigenvalue weighted by atomic mass is 32.2. The van der Waals surface area contributed by atoms with Gasteiger partial charge in [0.2, 0.25) is 0 Å². The van der Waals surface area contributed by atoms with Gasteiger partial charge in [-0.3, -0.25) is 0 Å². The second kappa shape index (κ2) is 5.50. The molecule has 0 spiro atoms. The standard InChI is InChI=1S/C12H16F3NO2S/c1-3-11(16)8(2)9-4-6-10(7-5-9)19(17,18)12(13,14)15/h4-8,11H,3,16H2,1-2H3. The van der Waals surface area contributed by atoms with Crippen LogP contribution in [0.2, 0.25) is 0 Å². The fourth-order valence-corrected chi connectivity index (χ4v) is 2.45. The Kier molecular flexibility index (Phi) is 4.63. The second-order valence-corrected chi connectivity index (χ2v) is 6.32. The molecule has 1 rings (SSSR count). The third-order valence-corrected chi connectivity index (χ3v) is 4.64. The molecule has 0 fully saturated rings.